The molecule has 0 N–H and O–H groups in total. The van der Waals surface area contributed by atoms with E-state index in [1.165, 1.54) is 44.6 Å². The summed E-state index contributed by atoms with van der Waals surface area (Å²) in [6.45, 7) is 0. The fraction of sp³-hybridized carbons (Fsp3) is 0.100. The fourth-order valence-corrected chi connectivity index (χ4v) is 4.24. The first kappa shape index (κ1) is 25.5. The number of aromatic nitrogens is 2. The summed E-state index contributed by atoms with van der Waals surface area (Å²) < 4.78 is 33.8. The van der Waals surface area contributed by atoms with Gasteiger partial charge in [-0.25, -0.2) is 28.0 Å². The van der Waals surface area contributed by atoms with Crippen molar-refractivity contribution in [1.82, 2.24) is 9.97 Å². The summed E-state index contributed by atoms with van der Waals surface area (Å²) in [5, 5.41) is -0.0511. The van der Waals surface area contributed by atoms with Crippen molar-refractivity contribution in [3.8, 4) is 0 Å². The molecular weight excluding hydrogens is 503 g/mol. The number of carbonyl (C=O) groups is 2. The maximum atomic E-state index is 12.4. The van der Waals surface area contributed by atoms with E-state index in [2.05, 4.69) is 19.4 Å². The number of rotatable bonds is 4. The number of nitrogens with zero attached hydrogens (tertiary/aromatic N) is 2. The van der Waals surface area contributed by atoms with Gasteiger partial charge in [0.05, 0.1) is 30.2 Å². The van der Waals surface area contributed by atoms with Gasteiger partial charge in [0.1, 0.15) is 15.5 Å². The molecule has 2 heterocycles. The Morgan fingerprint density at radius 3 is 1.66 bits per heavy atom. The molecule has 0 spiro atoms. The first-order valence-electron chi connectivity index (χ1n) is 8.56. The van der Waals surface area contributed by atoms with E-state index in [0.29, 0.717) is 5.56 Å². The highest BCUT2D eigenvalue weighted by molar-refractivity contribution is 7.91. The van der Waals surface area contributed by atoms with E-state index in [1.54, 1.807) is 18.2 Å². The van der Waals surface area contributed by atoms with E-state index < -0.39 is 21.8 Å². The summed E-state index contributed by atoms with van der Waals surface area (Å²) in [5.41, 5.74) is 0.324. The Kier molecular flexibility index (Phi) is 8.97. The van der Waals surface area contributed by atoms with Crippen LogP contribution in [0.25, 0.3) is 0 Å². The lowest BCUT2D eigenvalue weighted by Crippen LogP contribution is -2.08. The molecule has 12 heteroatoms. The molecule has 1 aromatic carbocycles. The lowest BCUT2D eigenvalue weighted by atomic mass is 10.3. The number of esters is 2. The summed E-state index contributed by atoms with van der Waals surface area (Å²) in [6.07, 6.45) is 0. The minimum Gasteiger partial charge on any atom is -0.465 e. The van der Waals surface area contributed by atoms with Crippen molar-refractivity contribution < 1.29 is 27.5 Å². The predicted molar refractivity (Wildman–Crippen MR) is 118 cm³/mol. The summed E-state index contributed by atoms with van der Waals surface area (Å²) in [5.74, 6) is -1.17. The number of halogens is 3. The highest BCUT2D eigenvalue weighted by Gasteiger charge is 2.22. The van der Waals surface area contributed by atoms with Crippen LogP contribution in [0.1, 0.15) is 20.7 Å². The van der Waals surface area contributed by atoms with Crippen LogP contribution in [0.2, 0.25) is 15.5 Å². The van der Waals surface area contributed by atoms with Gasteiger partial charge in [-0.3, -0.25) is 0 Å². The molecule has 0 unspecified atom stereocenters. The van der Waals surface area contributed by atoms with Gasteiger partial charge in [-0.05, 0) is 36.4 Å². The van der Waals surface area contributed by atoms with Gasteiger partial charge in [-0.15, -0.1) is 0 Å². The third kappa shape index (κ3) is 6.64. The zero-order chi connectivity index (χ0) is 23.9. The molecule has 0 aliphatic carbocycles. The van der Waals surface area contributed by atoms with Crippen molar-refractivity contribution in [2.75, 3.05) is 14.2 Å². The highest BCUT2D eigenvalue weighted by atomic mass is 35.5. The second-order valence-electron chi connectivity index (χ2n) is 5.82. The summed E-state index contributed by atoms with van der Waals surface area (Å²) in [6, 6.07) is 12.9. The number of methoxy groups -OCH3 is 2. The van der Waals surface area contributed by atoms with Gasteiger partial charge in [0.25, 0.3) is 0 Å². The number of hydrogen-bond acceptors (Lipinski definition) is 8. The van der Waals surface area contributed by atoms with E-state index in [9.17, 15) is 18.0 Å². The monoisotopic (exact) mass is 516 g/mol. The van der Waals surface area contributed by atoms with Crippen molar-refractivity contribution in [2.45, 2.75) is 9.92 Å². The highest BCUT2D eigenvalue weighted by Crippen LogP contribution is 2.22. The number of benzene rings is 1. The van der Waals surface area contributed by atoms with E-state index >= 15 is 0 Å². The van der Waals surface area contributed by atoms with E-state index in [4.69, 9.17) is 34.8 Å². The Hall–Kier alpha value is -2.72. The summed E-state index contributed by atoms with van der Waals surface area (Å²) in [7, 11) is -1.35. The molecule has 8 nitrogen and oxygen atoms in total. The molecule has 0 fully saturated rings. The third-order valence-electron chi connectivity index (χ3n) is 3.70. The van der Waals surface area contributed by atoms with Crippen LogP contribution in [0.15, 0.2) is 64.5 Å². The first-order valence-corrected chi connectivity index (χ1v) is 11.2. The van der Waals surface area contributed by atoms with Crippen LogP contribution in [0.5, 0.6) is 0 Å². The summed E-state index contributed by atoms with van der Waals surface area (Å²) in [4.78, 5) is 29.9. The molecule has 32 heavy (non-hydrogen) atoms. The topological polar surface area (TPSA) is 113 Å². The maximum absolute atomic E-state index is 12.4. The van der Waals surface area contributed by atoms with Crippen molar-refractivity contribution in [3.63, 3.8) is 0 Å². The number of sulfone groups is 1. The van der Waals surface area contributed by atoms with Crippen LogP contribution in [-0.2, 0) is 19.3 Å². The molecule has 2 aromatic heterocycles. The van der Waals surface area contributed by atoms with Gasteiger partial charge in [0.2, 0.25) is 9.84 Å². The number of pyridine rings is 2. The van der Waals surface area contributed by atoms with Gasteiger partial charge in [0, 0.05) is 0 Å². The minimum atomic E-state index is -3.83. The summed E-state index contributed by atoms with van der Waals surface area (Å²) >= 11 is 16.9. The molecule has 0 saturated carbocycles. The second kappa shape index (κ2) is 11.2. The quantitative estimate of drug-likeness (QED) is 0.366. The van der Waals surface area contributed by atoms with Gasteiger partial charge >= 0.3 is 11.9 Å². The molecule has 0 saturated heterocycles. The lowest BCUT2D eigenvalue weighted by molar-refractivity contribution is 0.0591. The molecule has 0 aliphatic heterocycles. The van der Waals surface area contributed by atoms with Gasteiger partial charge in [-0.2, -0.15) is 0 Å². The van der Waals surface area contributed by atoms with Crippen molar-refractivity contribution in [2.24, 2.45) is 0 Å². The molecule has 168 valence electrons. The van der Waals surface area contributed by atoms with Crippen molar-refractivity contribution in [3.05, 3.63) is 81.2 Å². The van der Waals surface area contributed by atoms with E-state index in [1.807, 2.05) is 0 Å². The van der Waals surface area contributed by atoms with Crippen LogP contribution in [0.4, 0.5) is 0 Å². The predicted octanol–water partition coefficient (Wildman–Crippen LogP) is 4.53. The maximum Gasteiger partial charge on any atom is 0.338 e. The Morgan fingerprint density at radius 1 is 0.750 bits per heavy atom. The Bertz CT molecular complexity index is 1220. The zero-order valence-corrected chi connectivity index (χ0v) is 19.7. The molecule has 3 aromatic rings. The van der Waals surface area contributed by atoms with Gasteiger partial charge < -0.3 is 9.47 Å². The number of carbonyl (C=O) groups excluding carboxylic acids is 2. The molecule has 0 atom stereocenters. The second-order valence-corrected chi connectivity index (χ2v) is 8.88. The molecule has 3 rings (SSSR count). The first-order chi connectivity index (χ1) is 15.1. The Labute approximate surface area is 199 Å². The smallest absolute Gasteiger partial charge is 0.338 e. The SMILES string of the molecule is COC(=O)c1cc(Cl)nc(Cl)c1.COC(=O)c1cc(Cl)nc(S(=O)(=O)c2ccccc2)c1. The molecule has 0 radical (unpaired) electrons. The molecule has 0 aliphatic rings. The van der Waals surface area contributed by atoms with E-state index in [0.717, 1.165) is 6.07 Å². The number of hydrogen-bond donors (Lipinski definition) is 0. The number of ether oxygens (including phenoxy) is 2. The van der Waals surface area contributed by atoms with Crippen molar-refractivity contribution >= 4 is 56.6 Å². The third-order valence-corrected chi connectivity index (χ3v) is 5.94. The van der Waals surface area contributed by atoms with Crippen LogP contribution in [0.3, 0.4) is 0 Å². The molecule has 0 bridgehead atoms. The average molecular weight is 518 g/mol. The lowest BCUT2D eigenvalue weighted by Gasteiger charge is -2.06. The fourth-order valence-electron chi connectivity index (χ4n) is 2.27. The standard InChI is InChI=1S/C13H10ClNO4S.C7H5Cl2NO2/c1-19-13(16)9-7-11(14)15-12(8-9)20(17,18)10-5-3-2-4-6-10;1-12-7(11)4-2-5(8)10-6(9)3-4/h2-8H,1H3;2-3H,1H3. The average Bonchev–Trinajstić information content (AvgIpc) is 2.77. The van der Waals surface area contributed by atoms with Gasteiger partial charge in [0.15, 0.2) is 5.03 Å². The van der Waals surface area contributed by atoms with Gasteiger partial charge in [-0.1, -0.05) is 53.0 Å². The van der Waals surface area contributed by atoms with Crippen LogP contribution in [0, 0.1) is 0 Å². The van der Waals surface area contributed by atoms with Crippen LogP contribution >= 0.6 is 34.8 Å². The zero-order valence-electron chi connectivity index (χ0n) is 16.6. The Morgan fingerprint density at radius 2 is 1.19 bits per heavy atom. The van der Waals surface area contributed by atoms with Crippen molar-refractivity contribution in [1.29, 1.82) is 0 Å². The Balaban J connectivity index is 0.000000258. The van der Waals surface area contributed by atoms with Crippen LogP contribution in [-0.4, -0.2) is 44.5 Å². The minimum absolute atomic E-state index is 0.0296. The normalized spacial score (nSPS) is 10.5. The molecule has 0 amide bonds. The van der Waals surface area contributed by atoms with E-state index in [-0.39, 0.29) is 30.9 Å². The largest absolute Gasteiger partial charge is 0.465 e. The van der Waals surface area contributed by atoms with Crippen LogP contribution < -0.4 is 0 Å². The molecular formula is C20H15Cl3N2O6S.